The number of hydrogen-bond acceptors (Lipinski definition) is 3. The molecule has 0 bridgehead atoms. The number of carbonyl (C=O) groups is 1. The molecule has 0 aliphatic rings. The Kier molecular flexibility index (Phi) is 3.06. The highest BCUT2D eigenvalue weighted by Gasteiger charge is 2.33. The molecule has 1 aromatic carbocycles. The molecule has 1 rings (SSSR count). The van der Waals surface area contributed by atoms with Gasteiger partial charge in [0.1, 0.15) is 17.1 Å². The molecule has 0 fully saturated rings. The summed E-state index contributed by atoms with van der Waals surface area (Å²) in [4.78, 5) is 10.9. The Hall–Kier alpha value is -1.79. The number of benzene rings is 1. The van der Waals surface area contributed by atoms with Gasteiger partial charge in [0.15, 0.2) is 0 Å². The third-order valence-electron chi connectivity index (χ3n) is 1.79. The zero-order valence-electron chi connectivity index (χ0n) is 7.93. The number of ether oxygens (including phenoxy) is 1. The molecule has 0 amide bonds. The van der Waals surface area contributed by atoms with Crippen LogP contribution in [0.15, 0.2) is 12.1 Å². The normalized spacial score (nSPS) is 11.3. The van der Waals surface area contributed by atoms with Gasteiger partial charge in [-0.3, -0.25) is 0 Å². The van der Waals surface area contributed by atoms with Gasteiger partial charge in [-0.05, 0) is 12.1 Å². The Labute approximate surface area is 87.3 Å². The minimum Gasteiger partial charge on any atom is -0.507 e. The third kappa shape index (κ3) is 2.23. The molecule has 0 radical (unpaired) electrons. The Morgan fingerprint density at radius 3 is 2.31 bits per heavy atom. The van der Waals surface area contributed by atoms with Crippen molar-refractivity contribution in [1.29, 1.82) is 0 Å². The van der Waals surface area contributed by atoms with E-state index in [1.54, 1.807) is 0 Å². The minimum atomic E-state index is -4.80. The maximum atomic E-state index is 13.1. The van der Waals surface area contributed by atoms with E-state index in [0.29, 0.717) is 0 Å². The summed E-state index contributed by atoms with van der Waals surface area (Å²) in [6, 6.07) is 0.376. The average Bonchev–Trinajstić information content (AvgIpc) is 2.14. The van der Waals surface area contributed by atoms with Crippen molar-refractivity contribution in [3.8, 4) is 5.75 Å². The summed E-state index contributed by atoms with van der Waals surface area (Å²) >= 11 is 0. The molecule has 0 saturated carbocycles. The molecule has 1 aromatic rings. The van der Waals surface area contributed by atoms with Crippen LogP contribution in [-0.2, 0) is 10.9 Å². The first-order chi connectivity index (χ1) is 7.27. The summed E-state index contributed by atoms with van der Waals surface area (Å²) < 4.78 is 53.7. The lowest BCUT2D eigenvalue weighted by Crippen LogP contribution is -2.10. The summed E-state index contributed by atoms with van der Waals surface area (Å²) in [5.41, 5.74) is -2.30. The number of esters is 1. The van der Waals surface area contributed by atoms with E-state index in [-0.39, 0.29) is 12.1 Å². The van der Waals surface area contributed by atoms with Gasteiger partial charge in [0, 0.05) is 0 Å². The van der Waals surface area contributed by atoms with Crippen LogP contribution in [0.2, 0.25) is 0 Å². The Morgan fingerprint density at radius 2 is 1.94 bits per heavy atom. The van der Waals surface area contributed by atoms with Crippen LogP contribution in [0.3, 0.4) is 0 Å². The number of aromatic hydroxyl groups is 1. The van der Waals surface area contributed by atoms with E-state index >= 15 is 0 Å². The first-order valence-electron chi connectivity index (χ1n) is 3.95. The van der Waals surface area contributed by atoms with Gasteiger partial charge < -0.3 is 9.84 Å². The highest BCUT2D eigenvalue weighted by Crippen LogP contribution is 2.34. The van der Waals surface area contributed by atoms with Gasteiger partial charge in [0.2, 0.25) is 0 Å². The highest BCUT2D eigenvalue weighted by atomic mass is 19.4. The zero-order chi connectivity index (χ0) is 12.5. The molecule has 0 aliphatic heterocycles. The van der Waals surface area contributed by atoms with Crippen LogP contribution in [0.4, 0.5) is 17.6 Å². The smallest absolute Gasteiger partial charge is 0.416 e. The van der Waals surface area contributed by atoms with Crippen molar-refractivity contribution < 1.29 is 32.2 Å². The van der Waals surface area contributed by atoms with Crippen molar-refractivity contribution in [2.45, 2.75) is 6.18 Å². The van der Waals surface area contributed by atoms with Crippen molar-refractivity contribution in [3.63, 3.8) is 0 Å². The van der Waals surface area contributed by atoms with E-state index < -0.39 is 34.8 Å². The van der Waals surface area contributed by atoms with Gasteiger partial charge in [-0.2, -0.15) is 13.2 Å². The molecule has 0 saturated heterocycles. The maximum Gasteiger partial charge on any atom is 0.416 e. The van der Waals surface area contributed by atoms with Crippen molar-refractivity contribution in [2.75, 3.05) is 7.11 Å². The summed E-state index contributed by atoms with van der Waals surface area (Å²) in [7, 11) is 0.916. The Morgan fingerprint density at radius 1 is 1.38 bits per heavy atom. The van der Waals surface area contributed by atoms with Gasteiger partial charge in [-0.1, -0.05) is 0 Å². The number of rotatable bonds is 1. The van der Waals surface area contributed by atoms with Crippen LogP contribution in [0, 0.1) is 5.82 Å². The maximum absolute atomic E-state index is 13.1. The number of methoxy groups -OCH3 is 1. The third-order valence-corrected chi connectivity index (χ3v) is 1.79. The van der Waals surface area contributed by atoms with E-state index in [4.69, 9.17) is 5.11 Å². The van der Waals surface area contributed by atoms with Gasteiger partial charge in [-0.15, -0.1) is 0 Å². The van der Waals surface area contributed by atoms with Crippen molar-refractivity contribution >= 4 is 5.97 Å². The Balaban J connectivity index is 3.34. The topological polar surface area (TPSA) is 46.5 Å². The lowest BCUT2D eigenvalue weighted by Gasteiger charge is -2.10. The lowest BCUT2D eigenvalue weighted by molar-refractivity contribution is -0.137. The molecule has 7 heteroatoms. The van der Waals surface area contributed by atoms with Crippen molar-refractivity contribution in [3.05, 3.63) is 29.1 Å². The monoisotopic (exact) mass is 238 g/mol. The first-order valence-corrected chi connectivity index (χ1v) is 3.95. The fourth-order valence-corrected chi connectivity index (χ4v) is 1.06. The van der Waals surface area contributed by atoms with E-state index in [1.807, 2.05) is 0 Å². The molecular weight excluding hydrogens is 232 g/mol. The van der Waals surface area contributed by atoms with Crippen LogP contribution in [0.25, 0.3) is 0 Å². The fourth-order valence-electron chi connectivity index (χ4n) is 1.06. The molecular formula is C9H6F4O3. The van der Waals surface area contributed by atoms with E-state index in [1.165, 1.54) is 0 Å². The molecule has 3 nitrogen and oxygen atoms in total. The second-order valence-corrected chi connectivity index (χ2v) is 2.84. The number of hydrogen-bond donors (Lipinski definition) is 1. The van der Waals surface area contributed by atoms with Gasteiger partial charge >= 0.3 is 12.1 Å². The molecule has 88 valence electrons. The molecule has 0 aliphatic carbocycles. The van der Waals surface area contributed by atoms with Crippen LogP contribution >= 0.6 is 0 Å². The van der Waals surface area contributed by atoms with Crippen LogP contribution in [-0.4, -0.2) is 18.2 Å². The quantitative estimate of drug-likeness (QED) is 0.603. The second kappa shape index (κ2) is 3.99. The van der Waals surface area contributed by atoms with Crippen molar-refractivity contribution in [1.82, 2.24) is 0 Å². The predicted octanol–water partition coefficient (Wildman–Crippen LogP) is 2.34. The SMILES string of the molecule is COC(=O)c1c(O)cc(C(F)(F)F)cc1F. The molecule has 1 N–H and O–H groups in total. The fraction of sp³-hybridized carbons (Fsp3) is 0.222. The number of halogens is 4. The number of phenolic OH excluding ortho intramolecular Hbond substituents is 1. The summed E-state index contributed by atoms with van der Waals surface area (Å²) in [5.74, 6) is -3.85. The number of alkyl halides is 3. The van der Waals surface area contributed by atoms with E-state index in [9.17, 15) is 22.4 Å². The summed E-state index contributed by atoms with van der Waals surface area (Å²) in [6.45, 7) is 0. The van der Waals surface area contributed by atoms with Gasteiger partial charge in [-0.25, -0.2) is 9.18 Å². The molecule has 0 atom stereocenters. The molecule has 16 heavy (non-hydrogen) atoms. The average molecular weight is 238 g/mol. The first kappa shape index (κ1) is 12.3. The largest absolute Gasteiger partial charge is 0.507 e. The second-order valence-electron chi connectivity index (χ2n) is 2.84. The van der Waals surface area contributed by atoms with E-state index in [0.717, 1.165) is 7.11 Å². The van der Waals surface area contributed by atoms with Crippen LogP contribution < -0.4 is 0 Å². The molecule has 0 heterocycles. The lowest BCUT2D eigenvalue weighted by atomic mass is 10.1. The molecule has 0 spiro atoms. The molecule has 0 unspecified atom stereocenters. The summed E-state index contributed by atoms with van der Waals surface area (Å²) in [5, 5.41) is 9.10. The Bertz CT molecular complexity index is 402. The predicted molar refractivity (Wildman–Crippen MR) is 44.4 cm³/mol. The van der Waals surface area contributed by atoms with E-state index in [2.05, 4.69) is 4.74 Å². The summed E-state index contributed by atoms with van der Waals surface area (Å²) in [6.07, 6.45) is -4.80. The van der Waals surface area contributed by atoms with Crippen LogP contribution in [0.1, 0.15) is 15.9 Å². The van der Waals surface area contributed by atoms with Crippen LogP contribution in [0.5, 0.6) is 5.75 Å². The van der Waals surface area contributed by atoms with Gasteiger partial charge in [0.25, 0.3) is 0 Å². The number of phenols is 1. The standard InChI is InChI=1S/C9H6F4O3/c1-16-8(15)7-5(10)2-4(3-6(7)14)9(11,12)13/h2-3,14H,1H3. The minimum absolute atomic E-state index is 0.117. The molecule has 0 aromatic heterocycles. The number of carbonyl (C=O) groups excluding carboxylic acids is 1. The van der Waals surface area contributed by atoms with Gasteiger partial charge in [0.05, 0.1) is 12.7 Å². The zero-order valence-corrected chi connectivity index (χ0v) is 7.93. The van der Waals surface area contributed by atoms with Crippen molar-refractivity contribution in [2.24, 2.45) is 0 Å². The highest BCUT2D eigenvalue weighted by molar-refractivity contribution is 5.92.